The Labute approximate surface area is 53.2 Å². The third-order valence-corrected chi connectivity index (χ3v) is 1.22. The van der Waals surface area contributed by atoms with Gasteiger partial charge in [0.15, 0.2) is 5.84 Å². The van der Waals surface area contributed by atoms with E-state index in [0.29, 0.717) is 0 Å². The second kappa shape index (κ2) is 1.58. The van der Waals surface area contributed by atoms with Gasteiger partial charge in [-0.3, -0.25) is 5.43 Å². The quantitative estimate of drug-likeness (QED) is 0.578. The number of hydrazone groups is 1. The molecule has 0 bridgehead atoms. The lowest BCUT2D eigenvalue weighted by Crippen LogP contribution is -1.92. The van der Waals surface area contributed by atoms with Gasteiger partial charge in [-0.25, -0.2) is 0 Å². The molecule has 2 heteroatoms. The molecule has 0 aromatic heterocycles. The van der Waals surface area contributed by atoms with Crippen LogP contribution in [0.25, 0.3) is 0 Å². The maximum Gasteiger partial charge on any atom is 0.173 e. The molecule has 2 nitrogen and oxygen atoms in total. The lowest BCUT2D eigenvalue weighted by atomic mass is 10.2. The SMILES string of the molecule is [c]1ccc(C2=NN2)cc1. The number of nitrogens with zero attached hydrogens (tertiary/aromatic N) is 1. The highest BCUT2D eigenvalue weighted by Gasteiger charge is 2.09. The van der Waals surface area contributed by atoms with Gasteiger partial charge in [0.2, 0.25) is 0 Å². The van der Waals surface area contributed by atoms with Crippen molar-refractivity contribution in [3.8, 4) is 0 Å². The van der Waals surface area contributed by atoms with Crippen molar-refractivity contribution in [2.45, 2.75) is 0 Å². The van der Waals surface area contributed by atoms with E-state index in [0.717, 1.165) is 11.4 Å². The van der Waals surface area contributed by atoms with E-state index in [1.807, 2.05) is 24.3 Å². The first-order valence-corrected chi connectivity index (χ1v) is 2.77. The van der Waals surface area contributed by atoms with E-state index < -0.39 is 0 Å². The molecule has 1 aliphatic rings. The van der Waals surface area contributed by atoms with Crippen molar-refractivity contribution in [2.75, 3.05) is 0 Å². The number of nitrogens with one attached hydrogen (secondary N) is 1. The van der Waals surface area contributed by atoms with Crippen LogP contribution in [0.2, 0.25) is 0 Å². The van der Waals surface area contributed by atoms with E-state index in [4.69, 9.17) is 0 Å². The number of hydrogen-bond donors (Lipinski definition) is 1. The van der Waals surface area contributed by atoms with E-state index in [-0.39, 0.29) is 0 Å². The Bertz CT molecular complexity index is 238. The first-order valence-electron chi connectivity index (χ1n) is 2.77. The van der Waals surface area contributed by atoms with Crippen LogP contribution in [-0.2, 0) is 0 Å². The Morgan fingerprint density at radius 1 is 1.33 bits per heavy atom. The first-order chi connectivity index (χ1) is 4.47. The van der Waals surface area contributed by atoms with Gasteiger partial charge in [-0.15, -0.1) is 0 Å². The van der Waals surface area contributed by atoms with Crippen molar-refractivity contribution < 1.29 is 0 Å². The minimum absolute atomic E-state index is 0.976. The molecule has 0 amide bonds. The monoisotopic (exact) mass is 117 g/mol. The minimum atomic E-state index is 0.976. The van der Waals surface area contributed by atoms with Gasteiger partial charge >= 0.3 is 0 Å². The van der Waals surface area contributed by atoms with Crippen molar-refractivity contribution in [3.05, 3.63) is 35.9 Å². The van der Waals surface area contributed by atoms with E-state index >= 15 is 0 Å². The highest BCUT2D eigenvalue weighted by Crippen LogP contribution is 2.03. The molecule has 0 unspecified atom stereocenters. The summed E-state index contributed by atoms with van der Waals surface area (Å²) in [7, 11) is 0. The number of benzene rings is 1. The second-order valence-corrected chi connectivity index (χ2v) is 1.86. The molecule has 9 heavy (non-hydrogen) atoms. The molecule has 0 fully saturated rings. The van der Waals surface area contributed by atoms with Gasteiger partial charge < -0.3 is 0 Å². The molecule has 1 aromatic rings. The summed E-state index contributed by atoms with van der Waals surface area (Å²) in [6, 6.07) is 10.6. The summed E-state index contributed by atoms with van der Waals surface area (Å²) >= 11 is 0. The predicted octanol–water partition coefficient (Wildman–Crippen LogP) is 0.752. The molecule has 0 saturated carbocycles. The third kappa shape index (κ3) is 0.785. The second-order valence-electron chi connectivity index (χ2n) is 1.86. The summed E-state index contributed by atoms with van der Waals surface area (Å²) in [4.78, 5) is 0. The fraction of sp³-hybridized carbons (Fsp3) is 0. The summed E-state index contributed by atoms with van der Waals surface area (Å²) in [6.45, 7) is 0. The van der Waals surface area contributed by atoms with Gasteiger partial charge in [0, 0.05) is 5.56 Å². The molecule has 1 aliphatic heterocycles. The molecule has 1 radical (unpaired) electrons. The minimum Gasteiger partial charge on any atom is -0.257 e. The lowest BCUT2D eigenvalue weighted by molar-refractivity contribution is 1.26. The van der Waals surface area contributed by atoms with Crippen LogP contribution in [0.1, 0.15) is 5.56 Å². The van der Waals surface area contributed by atoms with Crippen LogP contribution in [0.4, 0.5) is 0 Å². The summed E-state index contributed by atoms with van der Waals surface area (Å²) < 4.78 is 0. The molecule has 0 spiro atoms. The fourth-order valence-corrected chi connectivity index (χ4v) is 0.702. The van der Waals surface area contributed by atoms with Crippen molar-refractivity contribution in [2.24, 2.45) is 5.10 Å². The van der Waals surface area contributed by atoms with E-state index in [2.05, 4.69) is 16.6 Å². The van der Waals surface area contributed by atoms with E-state index in [1.165, 1.54) is 0 Å². The van der Waals surface area contributed by atoms with E-state index in [1.54, 1.807) is 0 Å². The number of hydrogen-bond acceptors (Lipinski definition) is 2. The van der Waals surface area contributed by atoms with Gasteiger partial charge in [0.1, 0.15) is 0 Å². The molecule has 1 aromatic carbocycles. The molecule has 1 N–H and O–H groups in total. The van der Waals surface area contributed by atoms with Crippen molar-refractivity contribution in [3.63, 3.8) is 0 Å². The zero-order valence-electron chi connectivity index (χ0n) is 4.76. The normalized spacial score (nSPS) is 14.0. The molecule has 0 saturated heterocycles. The van der Waals surface area contributed by atoms with Crippen LogP contribution in [0.15, 0.2) is 29.4 Å². The molecule has 2 rings (SSSR count). The molecule has 43 valence electrons. The highest BCUT2D eigenvalue weighted by molar-refractivity contribution is 6.05. The lowest BCUT2D eigenvalue weighted by Gasteiger charge is -1.84. The van der Waals surface area contributed by atoms with Gasteiger partial charge in [-0.1, -0.05) is 24.3 Å². The van der Waals surface area contributed by atoms with Gasteiger partial charge in [-0.05, 0) is 6.07 Å². The summed E-state index contributed by atoms with van der Waals surface area (Å²) in [5.41, 5.74) is 3.91. The van der Waals surface area contributed by atoms with Crippen LogP contribution >= 0.6 is 0 Å². The molecule has 1 heterocycles. The van der Waals surface area contributed by atoms with Crippen LogP contribution < -0.4 is 5.43 Å². The zero-order chi connectivity index (χ0) is 6.10. The fourth-order valence-electron chi connectivity index (χ4n) is 0.702. The van der Waals surface area contributed by atoms with Gasteiger partial charge in [-0.2, -0.15) is 5.10 Å². The maximum atomic E-state index is 3.83. The van der Waals surface area contributed by atoms with Crippen LogP contribution in [0, 0.1) is 6.07 Å². The molecular formula is C7H5N2. The summed E-state index contributed by atoms with van der Waals surface area (Å²) in [5, 5.41) is 3.83. The van der Waals surface area contributed by atoms with Crippen molar-refractivity contribution in [1.29, 1.82) is 0 Å². The Balaban J connectivity index is 2.40. The van der Waals surface area contributed by atoms with Crippen molar-refractivity contribution in [1.82, 2.24) is 5.43 Å². The average Bonchev–Trinajstić information content (AvgIpc) is 2.71. The smallest absolute Gasteiger partial charge is 0.173 e. The summed E-state index contributed by atoms with van der Waals surface area (Å²) in [5.74, 6) is 0.976. The Morgan fingerprint density at radius 2 is 2.00 bits per heavy atom. The molecular weight excluding hydrogens is 112 g/mol. The maximum absolute atomic E-state index is 3.83. The number of amidine groups is 1. The predicted molar refractivity (Wildman–Crippen MR) is 35.0 cm³/mol. The molecule has 0 aliphatic carbocycles. The Hall–Kier alpha value is -1.31. The van der Waals surface area contributed by atoms with Crippen molar-refractivity contribution >= 4 is 5.84 Å². The van der Waals surface area contributed by atoms with Crippen LogP contribution in [0.5, 0.6) is 0 Å². The highest BCUT2D eigenvalue weighted by atomic mass is 15.5. The van der Waals surface area contributed by atoms with E-state index in [9.17, 15) is 0 Å². The Morgan fingerprint density at radius 3 is 2.56 bits per heavy atom. The zero-order valence-corrected chi connectivity index (χ0v) is 4.76. The number of rotatable bonds is 1. The largest absolute Gasteiger partial charge is 0.257 e. The Kier molecular flexibility index (Phi) is 0.803. The first kappa shape index (κ1) is 4.56. The van der Waals surface area contributed by atoms with Crippen LogP contribution in [0.3, 0.4) is 0 Å². The van der Waals surface area contributed by atoms with Gasteiger partial charge in [0.05, 0.1) is 0 Å². The van der Waals surface area contributed by atoms with Crippen LogP contribution in [-0.4, -0.2) is 5.84 Å². The molecule has 0 atom stereocenters. The standard InChI is InChI=1S/C7H5N2/c1-2-4-6(5-3-1)7-8-9-7/h2-5H,(H,8,9). The van der Waals surface area contributed by atoms with Gasteiger partial charge in [0.25, 0.3) is 0 Å². The topological polar surface area (TPSA) is 34.3 Å². The summed E-state index contributed by atoms with van der Waals surface area (Å²) in [6.07, 6.45) is 0. The third-order valence-electron chi connectivity index (χ3n) is 1.22. The average molecular weight is 117 g/mol.